The van der Waals surface area contributed by atoms with Crippen LogP contribution in [0.25, 0.3) is 21.6 Å². The lowest BCUT2D eigenvalue weighted by molar-refractivity contribution is 1.19. The van der Waals surface area contributed by atoms with Crippen molar-refractivity contribution in [1.29, 1.82) is 0 Å². The third kappa shape index (κ3) is 2.30. The van der Waals surface area contributed by atoms with Crippen LogP contribution < -0.4 is 0 Å². The molecular formula is C15H12Cl2N2S. The highest BCUT2D eigenvalue weighted by Gasteiger charge is 2.13. The Morgan fingerprint density at radius 3 is 2.60 bits per heavy atom. The zero-order chi connectivity index (χ0) is 14.3. The van der Waals surface area contributed by atoms with Gasteiger partial charge < -0.3 is 0 Å². The fraction of sp³-hybridized carbons (Fsp3) is 0.200. The number of aromatic nitrogens is 2. The number of rotatable bonds is 2. The van der Waals surface area contributed by atoms with E-state index in [2.05, 4.69) is 23.0 Å². The van der Waals surface area contributed by atoms with Crippen LogP contribution >= 0.6 is 34.5 Å². The van der Waals surface area contributed by atoms with Crippen LogP contribution in [0, 0.1) is 6.92 Å². The molecule has 102 valence electrons. The lowest BCUT2D eigenvalue weighted by atomic mass is 10.1. The third-order valence-electron chi connectivity index (χ3n) is 3.20. The molecule has 0 radical (unpaired) electrons. The summed E-state index contributed by atoms with van der Waals surface area (Å²) >= 11 is 14.3. The molecule has 3 rings (SSSR count). The van der Waals surface area contributed by atoms with Crippen LogP contribution in [0.15, 0.2) is 24.3 Å². The van der Waals surface area contributed by atoms with Crippen LogP contribution in [-0.2, 0) is 6.42 Å². The van der Waals surface area contributed by atoms with Gasteiger partial charge in [-0.05, 0) is 37.1 Å². The summed E-state index contributed by atoms with van der Waals surface area (Å²) in [4.78, 5) is 11.3. The van der Waals surface area contributed by atoms with Gasteiger partial charge in [0.2, 0.25) is 0 Å². The molecule has 0 aliphatic carbocycles. The second kappa shape index (κ2) is 5.32. The molecule has 0 N–H and O–H groups in total. The molecule has 0 bridgehead atoms. The predicted octanol–water partition coefficient (Wildman–Crippen LogP) is 5.54. The van der Waals surface area contributed by atoms with Gasteiger partial charge in [0, 0.05) is 10.3 Å². The first kappa shape index (κ1) is 13.8. The third-order valence-corrected chi connectivity index (χ3v) is 5.00. The van der Waals surface area contributed by atoms with E-state index in [4.69, 9.17) is 23.2 Å². The van der Waals surface area contributed by atoms with Gasteiger partial charge in [0.15, 0.2) is 5.82 Å². The van der Waals surface area contributed by atoms with Crippen molar-refractivity contribution in [3.63, 3.8) is 0 Å². The molecule has 0 saturated carbocycles. The molecule has 2 heterocycles. The van der Waals surface area contributed by atoms with Crippen LogP contribution in [0.2, 0.25) is 10.2 Å². The van der Waals surface area contributed by atoms with E-state index in [1.54, 1.807) is 11.3 Å². The first-order valence-corrected chi connectivity index (χ1v) is 7.89. The van der Waals surface area contributed by atoms with Gasteiger partial charge in [0.05, 0.1) is 15.4 Å². The molecule has 0 amide bonds. The Bertz CT molecular complexity index is 796. The van der Waals surface area contributed by atoms with E-state index in [0.717, 1.165) is 22.2 Å². The standard InChI is InChI=1S/C15H12Cl2N2S/c1-3-9-5-7-11(20-9)15-18-13-10(16)6-4-8(2)12(13)14(17)19-15/h4-7H,3H2,1-2H3. The van der Waals surface area contributed by atoms with E-state index in [-0.39, 0.29) is 0 Å². The predicted molar refractivity (Wildman–Crippen MR) is 87.0 cm³/mol. The Kier molecular flexibility index (Phi) is 3.67. The van der Waals surface area contributed by atoms with Crippen molar-refractivity contribution in [1.82, 2.24) is 9.97 Å². The molecule has 0 fully saturated rings. The lowest BCUT2D eigenvalue weighted by Crippen LogP contribution is -1.93. The summed E-state index contributed by atoms with van der Waals surface area (Å²) in [5.74, 6) is 0.639. The second-order valence-corrected chi connectivity index (χ2v) is 6.48. The van der Waals surface area contributed by atoms with Crippen molar-refractivity contribution in [3.05, 3.63) is 44.9 Å². The highest BCUT2D eigenvalue weighted by atomic mass is 35.5. The summed E-state index contributed by atoms with van der Waals surface area (Å²) in [7, 11) is 0. The van der Waals surface area contributed by atoms with Crippen molar-refractivity contribution < 1.29 is 0 Å². The minimum Gasteiger partial charge on any atom is -0.226 e. The van der Waals surface area contributed by atoms with Crippen LogP contribution in [0.1, 0.15) is 17.4 Å². The van der Waals surface area contributed by atoms with Crippen LogP contribution in [-0.4, -0.2) is 9.97 Å². The topological polar surface area (TPSA) is 25.8 Å². The molecule has 0 unspecified atom stereocenters. The first-order valence-electron chi connectivity index (χ1n) is 6.31. The number of aryl methyl sites for hydroxylation is 2. The Morgan fingerprint density at radius 1 is 1.10 bits per heavy atom. The number of nitrogens with zero attached hydrogens (tertiary/aromatic N) is 2. The summed E-state index contributed by atoms with van der Waals surface area (Å²) in [6.45, 7) is 4.11. The van der Waals surface area contributed by atoms with E-state index in [9.17, 15) is 0 Å². The summed E-state index contributed by atoms with van der Waals surface area (Å²) in [6.07, 6.45) is 1.01. The highest BCUT2D eigenvalue weighted by Crippen LogP contribution is 2.33. The monoisotopic (exact) mass is 322 g/mol. The number of fused-ring (bicyclic) bond motifs is 1. The van der Waals surface area contributed by atoms with Crippen molar-refractivity contribution in [3.8, 4) is 10.7 Å². The van der Waals surface area contributed by atoms with Crippen molar-refractivity contribution in [2.45, 2.75) is 20.3 Å². The number of hydrogen-bond acceptors (Lipinski definition) is 3. The molecular weight excluding hydrogens is 311 g/mol. The van der Waals surface area contributed by atoms with E-state index in [1.807, 2.05) is 25.1 Å². The minimum atomic E-state index is 0.455. The molecule has 20 heavy (non-hydrogen) atoms. The number of thiophene rings is 1. The Balaban J connectivity index is 2.26. The van der Waals surface area contributed by atoms with Gasteiger partial charge in [-0.1, -0.05) is 36.2 Å². The summed E-state index contributed by atoms with van der Waals surface area (Å²) in [6, 6.07) is 7.90. The smallest absolute Gasteiger partial charge is 0.171 e. The number of hydrogen-bond donors (Lipinski definition) is 0. The maximum atomic E-state index is 6.32. The Hall–Kier alpha value is -1.16. The number of benzene rings is 1. The summed E-state index contributed by atoms with van der Waals surface area (Å²) in [5.41, 5.74) is 1.74. The van der Waals surface area contributed by atoms with Gasteiger partial charge in [0.25, 0.3) is 0 Å². The molecule has 5 heteroatoms. The fourth-order valence-corrected chi connectivity index (χ4v) is 3.51. The van der Waals surface area contributed by atoms with Crippen LogP contribution in [0.4, 0.5) is 0 Å². The molecule has 0 aliphatic rings. The van der Waals surface area contributed by atoms with Gasteiger partial charge in [-0.3, -0.25) is 0 Å². The quantitative estimate of drug-likeness (QED) is 0.579. The van der Waals surface area contributed by atoms with Crippen LogP contribution in [0.5, 0.6) is 0 Å². The van der Waals surface area contributed by atoms with Gasteiger partial charge in [-0.2, -0.15) is 0 Å². The zero-order valence-corrected chi connectivity index (χ0v) is 13.4. The molecule has 0 atom stereocenters. The van der Waals surface area contributed by atoms with Crippen molar-refractivity contribution in [2.24, 2.45) is 0 Å². The molecule has 3 aromatic rings. The SMILES string of the molecule is CCc1ccc(-c2nc(Cl)c3c(C)ccc(Cl)c3n2)s1. The zero-order valence-electron chi connectivity index (χ0n) is 11.1. The van der Waals surface area contributed by atoms with E-state index < -0.39 is 0 Å². The first-order chi connectivity index (χ1) is 9.60. The van der Waals surface area contributed by atoms with Crippen molar-refractivity contribution >= 4 is 45.4 Å². The van der Waals surface area contributed by atoms with Crippen molar-refractivity contribution in [2.75, 3.05) is 0 Å². The average molecular weight is 323 g/mol. The highest BCUT2D eigenvalue weighted by molar-refractivity contribution is 7.15. The van der Waals surface area contributed by atoms with E-state index >= 15 is 0 Å². The lowest BCUT2D eigenvalue weighted by Gasteiger charge is -2.07. The van der Waals surface area contributed by atoms with E-state index in [1.165, 1.54) is 4.88 Å². The maximum absolute atomic E-state index is 6.32. The summed E-state index contributed by atoms with van der Waals surface area (Å²) in [5, 5.41) is 1.88. The molecule has 2 nitrogen and oxygen atoms in total. The maximum Gasteiger partial charge on any atom is 0.171 e. The molecule has 1 aromatic carbocycles. The second-order valence-electron chi connectivity index (χ2n) is 4.55. The molecule has 0 spiro atoms. The van der Waals surface area contributed by atoms with Crippen LogP contribution in [0.3, 0.4) is 0 Å². The minimum absolute atomic E-state index is 0.455. The average Bonchev–Trinajstić information content (AvgIpc) is 2.91. The molecule has 0 saturated heterocycles. The Labute approximate surface area is 131 Å². The fourth-order valence-electron chi connectivity index (χ4n) is 2.11. The van der Waals surface area contributed by atoms with Gasteiger partial charge in [0.1, 0.15) is 5.15 Å². The van der Waals surface area contributed by atoms with Gasteiger partial charge in [-0.15, -0.1) is 11.3 Å². The van der Waals surface area contributed by atoms with Gasteiger partial charge in [-0.25, -0.2) is 9.97 Å². The van der Waals surface area contributed by atoms with E-state index in [0.29, 0.717) is 21.5 Å². The summed E-state index contributed by atoms with van der Waals surface area (Å²) < 4.78 is 0. The molecule has 0 aliphatic heterocycles. The largest absolute Gasteiger partial charge is 0.226 e. The van der Waals surface area contributed by atoms with Gasteiger partial charge >= 0.3 is 0 Å². The Morgan fingerprint density at radius 2 is 1.90 bits per heavy atom. The normalized spacial score (nSPS) is 11.2. The molecule has 2 aromatic heterocycles. The number of halogens is 2.